The Labute approximate surface area is 133 Å². The lowest BCUT2D eigenvalue weighted by Gasteiger charge is -2.36. The molecule has 2 rings (SSSR count). The van der Waals surface area contributed by atoms with Crippen molar-refractivity contribution in [1.29, 1.82) is 0 Å². The zero-order valence-corrected chi connectivity index (χ0v) is 13.7. The van der Waals surface area contributed by atoms with Crippen molar-refractivity contribution >= 4 is 27.8 Å². The van der Waals surface area contributed by atoms with E-state index in [1.807, 2.05) is 30.0 Å². The summed E-state index contributed by atoms with van der Waals surface area (Å²) in [7, 11) is 0. The summed E-state index contributed by atoms with van der Waals surface area (Å²) in [6.07, 6.45) is 3.58. The number of piperidine rings is 1. The maximum Gasteiger partial charge on any atom is 0.303 e. The molecular formula is C16H20BrNO3. The largest absolute Gasteiger partial charge is 0.481 e. The number of rotatable bonds is 4. The first kappa shape index (κ1) is 16.0. The Balaban J connectivity index is 2.18. The zero-order chi connectivity index (χ0) is 15.4. The van der Waals surface area contributed by atoms with Gasteiger partial charge in [-0.3, -0.25) is 9.59 Å². The molecule has 21 heavy (non-hydrogen) atoms. The molecule has 114 valence electrons. The van der Waals surface area contributed by atoms with Gasteiger partial charge in [0.2, 0.25) is 0 Å². The standard InChI is InChI=1S/C16H20BrNO3/c1-11-5-7-14(17)13(10-11)16(21)18-9-3-2-4-12(18)6-8-15(19)20/h5,7,10,12H,2-4,6,8-9H2,1H3,(H,19,20). The van der Waals surface area contributed by atoms with Gasteiger partial charge in [-0.2, -0.15) is 0 Å². The van der Waals surface area contributed by atoms with Crippen molar-refractivity contribution in [2.45, 2.75) is 45.1 Å². The van der Waals surface area contributed by atoms with E-state index in [0.717, 1.165) is 29.3 Å². The zero-order valence-electron chi connectivity index (χ0n) is 12.1. The highest BCUT2D eigenvalue weighted by atomic mass is 79.9. The number of halogens is 1. The molecule has 0 aromatic heterocycles. The third kappa shape index (κ3) is 4.06. The Bertz CT molecular complexity index is 544. The average molecular weight is 354 g/mol. The van der Waals surface area contributed by atoms with Gasteiger partial charge in [-0.15, -0.1) is 0 Å². The summed E-state index contributed by atoms with van der Waals surface area (Å²) in [5, 5.41) is 8.86. The first-order valence-corrected chi connectivity index (χ1v) is 8.07. The summed E-state index contributed by atoms with van der Waals surface area (Å²) in [6.45, 7) is 2.67. The lowest BCUT2D eigenvalue weighted by atomic mass is 9.96. The van der Waals surface area contributed by atoms with E-state index < -0.39 is 5.97 Å². The summed E-state index contributed by atoms with van der Waals surface area (Å²) in [4.78, 5) is 25.4. The molecule has 4 nitrogen and oxygen atoms in total. The SMILES string of the molecule is Cc1ccc(Br)c(C(=O)N2CCCCC2CCC(=O)O)c1. The van der Waals surface area contributed by atoms with Gasteiger partial charge in [0.15, 0.2) is 0 Å². The van der Waals surface area contributed by atoms with Gasteiger partial charge >= 0.3 is 5.97 Å². The number of carboxylic acids is 1. The molecule has 1 atom stereocenters. The summed E-state index contributed by atoms with van der Waals surface area (Å²) in [5.41, 5.74) is 1.71. The van der Waals surface area contributed by atoms with Crippen molar-refractivity contribution < 1.29 is 14.7 Å². The molecule has 0 aliphatic carbocycles. The van der Waals surface area contributed by atoms with E-state index >= 15 is 0 Å². The van der Waals surface area contributed by atoms with E-state index in [9.17, 15) is 9.59 Å². The normalized spacial score (nSPS) is 18.6. The summed E-state index contributed by atoms with van der Waals surface area (Å²) in [6, 6.07) is 5.77. The van der Waals surface area contributed by atoms with Crippen molar-refractivity contribution in [3.63, 3.8) is 0 Å². The molecule has 0 spiro atoms. The average Bonchev–Trinajstić information content (AvgIpc) is 2.47. The second-order valence-corrected chi connectivity index (χ2v) is 6.42. The molecule has 5 heteroatoms. The van der Waals surface area contributed by atoms with E-state index in [2.05, 4.69) is 15.9 Å². The molecule has 1 fully saturated rings. The number of carbonyl (C=O) groups is 2. The van der Waals surface area contributed by atoms with Crippen LogP contribution in [0.25, 0.3) is 0 Å². The predicted octanol–water partition coefficient (Wildman–Crippen LogP) is 3.62. The highest BCUT2D eigenvalue weighted by Crippen LogP contribution is 2.26. The number of hydrogen-bond donors (Lipinski definition) is 1. The Kier molecular flexibility index (Phi) is 5.39. The van der Waals surface area contributed by atoms with Crippen LogP contribution in [0.5, 0.6) is 0 Å². The Hall–Kier alpha value is -1.36. The number of carboxylic acid groups (broad SMARTS) is 1. The fourth-order valence-electron chi connectivity index (χ4n) is 2.82. The van der Waals surface area contributed by atoms with Crippen molar-refractivity contribution in [3.05, 3.63) is 33.8 Å². The number of aliphatic carboxylic acids is 1. The summed E-state index contributed by atoms with van der Waals surface area (Å²) < 4.78 is 0.792. The second kappa shape index (κ2) is 7.07. The number of nitrogens with zero attached hydrogens (tertiary/aromatic N) is 1. The molecule has 1 aliphatic heterocycles. The molecule has 1 saturated heterocycles. The highest BCUT2D eigenvalue weighted by molar-refractivity contribution is 9.10. The van der Waals surface area contributed by atoms with Gasteiger partial charge in [0.1, 0.15) is 0 Å². The van der Waals surface area contributed by atoms with Gasteiger partial charge in [-0.1, -0.05) is 11.6 Å². The van der Waals surface area contributed by atoms with Crippen molar-refractivity contribution in [2.24, 2.45) is 0 Å². The lowest BCUT2D eigenvalue weighted by molar-refractivity contribution is -0.137. The number of carbonyl (C=O) groups excluding carboxylic acids is 1. The van der Waals surface area contributed by atoms with Gasteiger partial charge in [0, 0.05) is 23.5 Å². The molecule has 0 saturated carbocycles. The van der Waals surface area contributed by atoms with Gasteiger partial charge in [-0.05, 0) is 60.7 Å². The first-order chi connectivity index (χ1) is 9.99. The lowest BCUT2D eigenvalue weighted by Crippen LogP contribution is -2.44. The van der Waals surface area contributed by atoms with Gasteiger partial charge in [0.05, 0.1) is 5.56 Å². The molecule has 1 aliphatic rings. The van der Waals surface area contributed by atoms with Crippen LogP contribution in [-0.2, 0) is 4.79 Å². The van der Waals surface area contributed by atoms with Crippen LogP contribution >= 0.6 is 15.9 Å². The highest BCUT2D eigenvalue weighted by Gasteiger charge is 2.28. The first-order valence-electron chi connectivity index (χ1n) is 7.28. The van der Waals surface area contributed by atoms with Gasteiger partial charge in [0.25, 0.3) is 5.91 Å². The third-order valence-electron chi connectivity index (χ3n) is 3.93. The topological polar surface area (TPSA) is 57.6 Å². The molecule has 1 N–H and O–H groups in total. The van der Waals surface area contributed by atoms with Crippen molar-refractivity contribution in [3.8, 4) is 0 Å². The molecule has 0 radical (unpaired) electrons. The smallest absolute Gasteiger partial charge is 0.303 e. The van der Waals surface area contributed by atoms with Crippen LogP contribution in [0.1, 0.15) is 48.0 Å². The van der Waals surface area contributed by atoms with Crippen LogP contribution in [0.15, 0.2) is 22.7 Å². The maximum atomic E-state index is 12.8. The third-order valence-corrected chi connectivity index (χ3v) is 4.62. The van der Waals surface area contributed by atoms with E-state index in [4.69, 9.17) is 5.11 Å². The van der Waals surface area contributed by atoms with E-state index in [0.29, 0.717) is 18.5 Å². The molecule has 1 heterocycles. The number of amides is 1. The monoisotopic (exact) mass is 353 g/mol. The minimum atomic E-state index is -0.801. The van der Waals surface area contributed by atoms with Crippen LogP contribution in [0.2, 0.25) is 0 Å². The minimum Gasteiger partial charge on any atom is -0.481 e. The number of hydrogen-bond acceptors (Lipinski definition) is 2. The fraction of sp³-hybridized carbons (Fsp3) is 0.500. The quantitative estimate of drug-likeness (QED) is 0.899. The summed E-state index contributed by atoms with van der Waals surface area (Å²) >= 11 is 3.44. The molecular weight excluding hydrogens is 334 g/mol. The number of benzene rings is 1. The number of aryl methyl sites for hydroxylation is 1. The van der Waals surface area contributed by atoms with Crippen LogP contribution in [0.4, 0.5) is 0 Å². The van der Waals surface area contributed by atoms with Crippen LogP contribution < -0.4 is 0 Å². The molecule has 1 unspecified atom stereocenters. The van der Waals surface area contributed by atoms with Crippen LogP contribution in [-0.4, -0.2) is 34.5 Å². The Morgan fingerprint density at radius 3 is 2.86 bits per heavy atom. The predicted molar refractivity (Wildman–Crippen MR) is 84.4 cm³/mol. The Morgan fingerprint density at radius 2 is 2.14 bits per heavy atom. The van der Waals surface area contributed by atoms with Gasteiger partial charge in [-0.25, -0.2) is 0 Å². The molecule has 1 amide bonds. The van der Waals surface area contributed by atoms with Crippen molar-refractivity contribution in [1.82, 2.24) is 4.90 Å². The molecule has 1 aromatic rings. The van der Waals surface area contributed by atoms with Crippen molar-refractivity contribution in [2.75, 3.05) is 6.54 Å². The van der Waals surface area contributed by atoms with Crippen LogP contribution in [0.3, 0.4) is 0 Å². The summed E-state index contributed by atoms with van der Waals surface area (Å²) in [5.74, 6) is -0.801. The molecule has 0 bridgehead atoms. The van der Waals surface area contributed by atoms with Gasteiger partial charge < -0.3 is 10.0 Å². The number of likely N-dealkylation sites (tertiary alicyclic amines) is 1. The Morgan fingerprint density at radius 1 is 1.38 bits per heavy atom. The maximum absolute atomic E-state index is 12.8. The molecule has 1 aromatic carbocycles. The van der Waals surface area contributed by atoms with E-state index in [-0.39, 0.29) is 18.4 Å². The van der Waals surface area contributed by atoms with E-state index in [1.54, 1.807) is 0 Å². The van der Waals surface area contributed by atoms with E-state index in [1.165, 1.54) is 0 Å². The fourth-order valence-corrected chi connectivity index (χ4v) is 3.23. The minimum absolute atomic E-state index is 0.000615. The van der Waals surface area contributed by atoms with Crippen LogP contribution in [0, 0.1) is 6.92 Å². The second-order valence-electron chi connectivity index (χ2n) is 5.56.